The monoisotopic (exact) mass is 415 g/mol. The zero-order chi connectivity index (χ0) is 19.7. The molecule has 1 amide bonds. The van der Waals surface area contributed by atoms with E-state index in [1.807, 2.05) is 16.7 Å². The minimum Gasteiger partial charge on any atom is -0.306 e. The number of carbonyl (C=O) groups is 1. The standard InChI is InChI=1S/C25H22NOPS/c27-24-16-25-26(24)17-20(19-29-25)18-28(21-10-4-1-5-11-21,22-12-6-2-7-13-22)23-14-8-3-9-15-23/h1-15,17-18,25H,16,19H2. The number of hydrogen-bond donors (Lipinski definition) is 0. The van der Waals surface area contributed by atoms with E-state index in [-0.39, 0.29) is 5.91 Å². The number of hydrogen-bond acceptors (Lipinski definition) is 2. The van der Waals surface area contributed by atoms with Gasteiger partial charge in [0.25, 0.3) is 0 Å². The first-order valence-electron chi connectivity index (χ1n) is 9.82. The highest BCUT2D eigenvalue weighted by atomic mass is 32.2. The Labute approximate surface area is 176 Å². The summed E-state index contributed by atoms with van der Waals surface area (Å²) in [6.07, 6.45) is 2.77. The van der Waals surface area contributed by atoms with Crippen molar-refractivity contribution in [2.45, 2.75) is 11.8 Å². The number of fused-ring (bicyclic) bond motifs is 1. The predicted octanol–water partition coefficient (Wildman–Crippen LogP) is 3.97. The lowest BCUT2D eigenvalue weighted by Crippen LogP contribution is -2.49. The molecule has 0 saturated carbocycles. The van der Waals surface area contributed by atoms with Gasteiger partial charge in [-0.05, 0) is 34.2 Å². The summed E-state index contributed by atoms with van der Waals surface area (Å²) in [6, 6.07) is 32.5. The van der Waals surface area contributed by atoms with Crippen molar-refractivity contribution in [3.63, 3.8) is 0 Å². The fourth-order valence-electron chi connectivity index (χ4n) is 4.08. The molecule has 0 aliphatic carbocycles. The van der Waals surface area contributed by atoms with Crippen LogP contribution in [-0.4, -0.2) is 27.7 Å². The van der Waals surface area contributed by atoms with Crippen LogP contribution in [0.15, 0.2) is 103 Å². The molecule has 2 aliphatic heterocycles. The summed E-state index contributed by atoms with van der Waals surface area (Å²) in [5.74, 6) is 3.65. The highest BCUT2D eigenvalue weighted by molar-refractivity contribution is 8.00. The molecule has 3 aromatic rings. The minimum atomic E-state index is -2.01. The SMILES string of the molecule is O=C1CC2SCC(C=P(c3ccccc3)(c3ccccc3)c3ccccc3)=CN12. The van der Waals surface area contributed by atoms with Crippen LogP contribution in [0, 0.1) is 0 Å². The second-order valence-electron chi connectivity index (χ2n) is 7.33. The number of carbonyl (C=O) groups excluding carboxylic acids is 1. The maximum Gasteiger partial charge on any atom is 0.230 e. The predicted molar refractivity (Wildman–Crippen MR) is 127 cm³/mol. The van der Waals surface area contributed by atoms with E-state index < -0.39 is 6.89 Å². The largest absolute Gasteiger partial charge is 0.306 e. The second kappa shape index (κ2) is 7.74. The number of amides is 1. The molecule has 0 N–H and O–H groups in total. The molecule has 4 heteroatoms. The maximum atomic E-state index is 12.0. The number of benzene rings is 3. The summed E-state index contributed by atoms with van der Waals surface area (Å²) in [5, 5.41) is 4.33. The number of rotatable bonds is 4. The molecule has 1 saturated heterocycles. The minimum absolute atomic E-state index is 0.233. The second-order valence-corrected chi connectivity index (χ2v) is 11.8. The summed E-state index contributed by atoms with van der Waals surface area (Å²) in [7, 11) is 0. The van der Waals surface area contributed by atoms with Crippen molar-refractivity contribution in [2.24, 2.45) is 0 Å². The van der Waals surface area contributed by atoms with Crippen molar-refractivity contribution >= 4 is 46.3 Å². The molecule has 0 bridgehead atoms. The normalized spacial score (nSPS) is 18.5. The summed E-state index contributed by atoms with van der Waals surface area (Å²) in [5.41, 5.74) is 1.24. The van der Waals surface area contributed by atoms with Gasteiger partial charge in [0.2, 0.25) is 5.91 Å². The zero-order valence-electron chi connectivity index (χ0n) is 16.0. The summed E-state index contributed by atoms with van der Waals surface area (Å²) < 4.78 is 0. The van der Waals surface area contributed by atoms with E-state index >= 15 is 0 Å². The summed E-state index contributed by atoms with van der Waals surface area (Å²) in [6.45, 7) is -2.01. The average molecular weight is 415 g/mol. The first kappa shape index (κ1) is 18.5. The molecule has 144 valence electrons. The van der Waals surface area contributed by atoms with Crippen molar-refractivity contribution < 1.29 is 4.79 Å². The van der Waals surface area contributed by atoms with E-state index in [9.17, 15) is 4.79 Å². The molecular formula is C25H22NOPS. The fourth-order valence-corrected chi connectivity index (χ4v) is 9.27. The lowest BCUT2D eigenvalue weighted by molar-refractivity contribution is -0.137. The average Bonchev–Trinajstić information content (AvgIpc) is 2.79. The molecule has 2 aliphatic rings. The Kier molecular flexibility index (Phi) is 4.95. The van der Waals surface area contributed by atoms with Crippen LogP contribution in [0.5, 0.6) is 0 Å². The molecular weight excluding hydrogens is 393 g/mol. The molecule has 3 aromatic carbocycles. The van der Waals surface area contributed by atoms with Gasteiger partial charge in [0, 0.05) is 12.0 Å². The zero-order valence-corrected chi connectivity index (χ0v) is 17.7. The van der Waals surface area contributed by atoms with Crippen molar-refractivity contribution in [3.8, 4) is 0 Å². The van der Waals surface area contributed by atoms with Gasteiger partial charge in [-0.25, -0.2) is 0 Å². The Morgan fingerprint density at radius 1 is 0.793 bits per heavy atom. The van der Waals surface area contributed by atoms with Crippen LogP contribution in [0.25, 0.3) is 0 Å². The van der Waals surface area contributed by atoms with E-state index in [0.29, 0.717) is 11.8 Å². The Hall–Kier alpha value is -2.48. The van der Waals surface area contributed by atoms with Crippen LogP contribution in [0.2, 0.25) is 0 Å². The van der Waals surface area contributed by atoms with E-state index in [0.717, 1.165) is 5.75 Å². The smallest absolute Gasteiger partial charge is 0.230 e. The number of β-lactam (4-membered cyclic amide) rings is 1. The van der Waals surface area contributed by atoms with Gasteiger partial charge in [0.15, 0.2) is 0 Å². The first-order chi connectivity index (χ1) is 14.3. The van der Waals surface area contributed by atoms with Crippen LogP contribution >= 0.6 is 18.6 Å². The third-order valence-electron chi connectivity index (χ3n) is 5.54. The van der Waals surface area contributed by atoms with Gasteiger partial charge in [-0.3, -0.25) is 4.79 Å². The van der Waals surface area contributed by atoms with Crippen molar-refractivity contribution in [1.82, 2.24) is 4.90 Å². The molecule has 1 fully saturated rings. The lowest BCUT2D eigenvalue weighted by atomic mass is 10.2. The highest BCUT2D eigenvalue weighted by Gasteiger charge is 2.38. The van der Waals surface area contributed by atoms with Gasteiger partial charge < -0.3 is 4.90 Å². The third kappa shape index (κ3) is 3.29. The maximum absolute atomic E-state index is 12.0. The van der Waals surface area contributed by atoms with Gasteiger partial charge in [-0.15, -0.1) is 11.8 Å². The Bertz CT molecular complexity index is 1010. The fraction of sp³-hybridized carbons (Fsp3) is 0.120. The molecule has 0 radical (unpaired) electrons. The van der Waals surface area contributed by atoms with Crippen molar-refractivity contribution in [2.75, 3.05) is 5.75 Å². The molecule has 0 aromatic heterocycles. The van der Waals surface area contributed by atoms with Gasteiger partial charge in [0.1, 0.15) is 0 Å². The number of thioether (sulfide) groups is 1. The Morgan fingerprint density at radius 2 is 1.28 bits per heavy atom. The lowest BCUT2D eigenvalue weighted by Gasteiger charge is -2.41. The van der Waals surface area contributed by atoms with Crippen molar-refractivity contribution in [1.29, 1.82) is 0 Å². The molecule has 29 heavy (non-hydrogen) atoms. The van der Waals surface area contributed by atoms with Crippen LogP contribution in [0.4, 0.5) is 0 Å². The molecule has 1 unspecified atom stereocenters. The Morgan fingerprint density at radius 3 is 1.72 bits per heavy atom. The molecule has 0 spiro atoms. The van der Waals surface area contributed by atoms with Gasteiger partial charge in [0.05, 0.1) is 11.8 Å². The quantitative estimate of drug-likeness (QED) is 0.475. The third-order valence-corrected chi connectivity index (χ3v) is 10.9. The van der Waals surface area contributed by atoms with E-state index in [4.69, 9.17) is 0 Å². The summed E-state index contributed by atoms with van der Waals surface area (Å²) in [4.78, 5) is 14.0. The van der Waals surface area contributed by atoms with Crippen LogP contribution in [-0.2, 0) is 4.79 Å². The Balaban J connectivity index is 1.80. The van der Waals surface area contributed by atoms with Gasteiger partial charge >= 0.3 is 0 Å². The van der Waals surface area contributed by atoms with Crippen LogP contribution < -0.4 is 15.9 Å². The molecule has 1 atom stereocenters. The van der Waals surface area contributed by atoms with Gasteiger partial charge in [-0.2, -0.15) is 0 Å². The number of nitrogens with zero attached hydrogens (tertiary/aromatic N) is 1. The molecule has 2 heterocycles. The van der Waals surface area contributed by atoms with E-state index in [1.54, 1.807) is 0 Å². The van der Waals surface area contributed by atoms with Crippen LogP contribution in [0.3, 0.4) is 0 Å². The van der Waals surface area contributed by atoms with Crippen molar-refractivity contribution in [3.05, 3.63) is 103 Å². The molecule has 5 rings (SSSR count). The topological polar surface area (TPSA) is 20.3 Å². The first-order valence-corrected chi connectivity index (χ1v) is 12.7. The van der Waals surface area contributed by atoms with Gasteiger partial charge in [-0.1, -0.05) is 91.0 Å². The van der Waals surface area contributed by atoms with E-state index in [2.05, 4.69) is 103 Å². The molecule has 2 nitrogen and oxygen atoms in total. The highest BCUT2D eigenvalue weighted by Crippen LogP contribution is 2.46. The summed E-state index contributed by atoms with van der Waals surface area (Å²) >= 11 is 1.87. The van der Waals surface area contributed by atoms with Crippen LogP contribution in [0.1, 0.15) is 6.42 Å². The van der Waals surface area contributed by atoms with E-state index in [1.165, 1.54) is 21.5 Å².